The molecular weight excluding hydrogens is 752 g/mol. The smallest absolute Gasteiger partial charge is 0.509 e. The summed E-state index contributed by atoms with van der Waals surface area (Å²) in [5.74, 6) is 2.02. The quantitative estimate of drug-likeness (QED) is 0.153. The van der Waals surface area contributed by atoms with Gasteiger partial charge in [-0.15, -0.1) is 35.7 Å². The second kappa shape index (κ2) is 12.5. The summed E-state index contributed by atoms with van der Waals surface area (Å²) in [5.41, 5.74) is 9.56. The third-order valence-corrected chi connectivity index (χ3v) is 7.98. The van der Waals surface area contributed by atoms with Crippen molar-refractivity contribution in [1.82, 2.24) is 19.3 Å². The van der Waals surface area contributed by atoms with E-state index in [-0.39, 0.29) is 21.1 Å². The molecule has 3 heterocycles. The van der Waals surface area contributed by atoms with Crippen LogP contribution in [0.4, 0.5) is 11.4 Å². The van der Waals surface area contributed by atoms with Gasteiger partial charge in [0.1, 0.15) is 5.82 Å². The van der Waals surface area contributed by atoms with E-state index in [0.29, 0.717) is 11.5 Å². The van der Waals surface area contributed by atoms with Crippen molar-refractivity contribution < 1.29 is 25.8 Å². The Labute approximate surface area is 283 Å². The third kappa shape index (κ3) is 5.67. The molecule has 0 aliphatic heterocycles. The van der Waals surface area contributed by atoms with E-state index in [9.17, 15) is 0 Å². The first kappa shape index (κ1) is 31.1. The molecule has 0 aliphatic rings. The minimum Gasteiger partial charge on any atom is -0.509 e. The van der Waals surface area contributed by atoms with E-state index in [1.165, 1.54) is 5.56 Å². The number of hydrogen-bond acceptors (Lipinski definition) is 5. The predicted octanol–water partition coefficient (Wildman–Crippen LogP) is 8.17. The molecule has 46 heavy (non-hydrogen) atoms. The summed E-state index contributed by atoms with van der Waals surface area (Å²) in [7, 11) is 8.29. The zero-order chi connectivity index (χ0) is 31.2. The van der Waals surface area contributed by atoms with Gasteiger partial charge in [0, 0.05) is 80.1 Å². The van der Waals surface area contributed by atoms with Crippen LogP contribution in [0.2, 0.25) is 0 Å². The van der Waals surface area contributed by atoms with E-state index < -0.39 is 0 Å². The van der Waals surface area contributed by atoms with E-state index in [0.717, 1.165) is 61.4 Å². The Balaban J connectivity index is 0.00000372. The van der Waals surface area contributed by atoms with Crippen molar-refractivity contribution in [1.29, 1.82) is 0 Å². The number of rotatable bonds is 7. The molecular formula is C38H34N6OPt. The number of para-hydroxylation sites is 1. The van der Waals surface area contributed by atoms with Crippen LogP contribution in [-0.4, -0.2) is 47.5 Å². The van der Waals surface area contributed by atoms with Gasteiger partial charge in [0.15, 0.2) is 0 Å². The SMILES string of the molecule is Cc1ccnc(-n2c3[c-]c(Oc4[c-]c(-n5cc(-c6c(N(C)C)cc(C)cc6N(C)C)cn5)ccc4)ccc3c3ccccc32)c1.[Pt+2]. The zero-order valence-corrected chi connectivity index (χ0v) is 28.9. The van der Waals surface area contributed by atoms with Crippen molar-refractivity contribution in [3.05, 3.63) is 121 Å². The number of ether oxygens (including phenoxy) is 1. The number of pyridine rings is 1. The molecule has 0 aliphatic carbocycles. The number of aryl methyl sites for hydroxylation is 2. The van der Waals surface area contributed by atoms with Crippen LogP contribution in [0, 0.1) is 26.0 Å². The average Bonchev–Trinajstić information content (AvgIpc) is 3.64. The molecule has 3 aromatic heterocycles. The molecule has 0 spiro atoms. The Morgan fingerprint density at radius 2 is 1.48 bits per heavy atom. The molecule has 0 atom stereocenters. The molecule has 0 saturated heterocycles. The van der Waals surface area contributed by atoms with Crippen LogP contribution < -0.4 is 14.5 Å². The van der Waals surface area contributed by atoms with Gasteiger partial charge in [0.05, 0.1) is 6.20 Å². The second-order valence-electron chi connectivity index (χ2n) is 11.8. The Bertz CT molecular complexity index is 2170. The number of anilines is 2. The first-order valence-corrected chi connectivity index (χ1v) is 14.9. The number of nitrogens with zero attached hydrogens (tertiary/aromatic N) is 6. The van der Waals surface area contributed by atoms with Crippen LogP contribution in [0.5, 0.6) is 11.5 Å². The first-order chi connectivity index (χ1) is 21.8. The summed E-state index contributed by atoms with van der Waals surface area (Å²) in [6, 6.07) is 33.7. The fourth-order valence-corrected chi connectivity index (χ4v) is 5.90. The van der Waals surface area contributed by atoms with E-state index >= 15 is 0 Å². The monoisotopic (exact) mass is 785 g/mol. The molecule has 4 aromatic carbocycles. The fourth-order valence-electron chi connectivity index (χ4n) is 5.90. The molecule has 0 N–H and O–H groups in total. The number of benzene rings is 4. The molecule has 7 aromatic rings. The van der Waals surface area contributed by atoms with Gasteiger partial charge in [-0.3, -0.25) is 4.68 Å². The van der Waals surface area contributed by atoms with Gasteiger partial charge in [-0.2, -0.15) is 17.2 Å². The molecule has 0 fully saturated rings. The fraction of sp³-hybridized carbons (Fsp3) is 0.158. The molecule has 0 radical (unpaired) electrons. The molecule has 0 bridgehead atoms. The maximum Gasteiger partial charge on any atom is 2.00 e. The second-order valence-corrected chi connectivity index (χ2v) is 11.8. The predicted molar refractivity (Wildman–Crippen MR) is 183 cm³/mol. The van der Waals surface area contributed by atoms with Crippen LogP contribution >= 0.6 is 0 Å². The number of hydrogen-bond donors (Lipinski definition) is 0. The van der Waals surface area contributed by atoms with Gasteiger partial charge in [0.25, 0.3) is 0 Å². The molecule has 0 saturated carbocycles. The van der Waals surface area contributed by atoms with Crippen molar-refractivity contribution in [3.63, 3.8) is 0 Å². The summed E-state index contributed by atoms with van der Waals surface area (Å²) in [5, 5.41) is 6.96. The van der Waals surface area contributed by atoms with Crippen molar-refractivity contribution in [2.75, 3.05) is 38.0 Å². The van der Waals surface area contributed by atoms with Crippen LogP contribution in [0.15, 0.2) is 97.5 Å². The minimum atomic E-state index is 0. The van der Waals surface area contributed by atoms with Crippen LogP contribution in [0.3, 0.4) is 0 Å². The number of fused-ring (bicyclic) bond motifs is 3. The largest absolute Gasteiger partial charge is 2.00 e. The van der Waals surface area contributed by atoms with Gasteiger partial charge < -0.3 is 19.1 Å². The topological polar surface area (TPSA) is 51.4 Å². The van der Waals surface area contributed by atoms with Gasteiger partial charge in [-0.25, -0.2) is 4.98 Å². The number of aromatic nitrogens is 4. The van der Waals surface area contributed by atoms with Gasteiger partial charge in [0.2, 0.25) is 0 Å². The Morgan fingerprint density at radius 1 is 0.739 bits per heavy atom. The minimum absolute atomic E-state index is 0. The van der Waals surface area contributed by atoms with Gasteiger partial charge in [-0.05, 0) is 66.4 Å². The normalized spacial score (nSPS) is 11.1. The maximum atomic E-state index is 6.37. The van der Waals surface area contributed by atoms with Gasteiger partial charge in [-0.1, -0.05) is 23.7 Å². The summed E-state index contributed by atoms with van der Waals surface area (Å²) < 4.78 is 10.4. The molecule has 7 nitrogen and oxygen atoms in total. The van der Waals surface area contributed by atoms with Crippen LogP contribution in [0.1, 0.15) is 11.1 Å². The van der Waals surface area contributed by atoms with E-state index in [2.05, 4.69) is 116 Å². The molecule has 7 rings (SSSR count). The van der Waals surface area contributed by atoms with Gasteiger partial charge >= 0.3 is 21.1 Å². The first-order valence-electron chi connectivity index (χ1n) is 14.9. The van der Waals surface area contributed by atoms with Crippen molar-refractivity contribution in [3.8, 4) is 34.1 Å². The third-order valence-electron chi connectivity index (χ3n) is 7.98. The van der Waals surface area contributed by atoms with Crippen molar-refractivity contribution >= 4 is 33.2 Å². The van der Waals surface area contributed by atoms with Crippen molar-refractivity contribution in [2.24, 2.45) is 0 Å². The Kier molecular flexibility index (Phi) is 8.45. The van der Waals surface area contributed by atoms with E-state index in [1.54, 1.807) is 0 Å². The molecule has 232 valence electrons. The standard InChI is InChI=1S/C38H34N6O.Pt/c1-25-16-17-39-37(20-25)44-33-13-8-7-12-31(33)32-15-14-30(22-34(32)44)45-29-11-9-10-28(21-29)43-24-27(23-40-43)38-35(41(3)4)18-26(2)19-36(38)42(5)6;/h7-20,23-24H,1-6H3;/q-2;+2. The summed E-state index contributed by atoms with van der Waals surface area (Å²) in [6.45, 7) is 4.20. The molecule has 0 amide bonds. The molecule has 0 unspecified atom stereocenters. The van der Waals surface area contributed by atoms with Crippen LogP contribution in [0.25, 0.3) is 44.4 Å². The van der Waals surface area contributed by atoms with E-state index in [4.69, 9.17) is 9.84 Å². The van der Waals surface area contributed by atoms with Crippen molar-refractivity contribution in [2.45, 2.75) is 13.8 Å². The summed E-state index contributed by atoms with van der Waals surface area (Å²) in [4.78, 5) is 8.98. The average molecular weight is 786 g/mol. The van der Waals surface area contributed by atoms with Crippen LogP contribution in [-0.2, 0) is 21.1 Å². The summed E-state index contributed by atoms with van der Waals surface area (Å²) in [6.07, 6.45) is 5.80. The maximum absolute atomic E-state index is 6.37. The molecule has 8 heteroatoms. The zero-order valence-electron chi connectivity index (χ0n) is 26.6. The summed E-state index contributed by atoms with van der Waals surface area (Å²) >= 11 is 0. The van der Waals surface area contributed by atoms with E-state index in [1.807, 2.05) is 59.7 Å². The Morgan fingerprint density at radius 3 is 2.22 bits per heavy atom. The Hall–Kier alpha value is -4.87.